The minimum Gasteiger partial charge on any atom is -0.494 e. The van der Waals surface area contributed by atoms with Gasteiger partial charge in [-0.1, -0.05) is 0 Å². The summed E-state index contributed by atoms with van der Waals surface area (Å²) in [6.45, 7) is 0. The largest absolute Gasteiger partial charge is 0.494 e. The summed E-state index contributed by atoms with van der Waals surface area (Å²) in [5.74, 6) is -0.377. The number of carbonyl (C=O) groups is 1. The first-order valence-electron chi connectivity index (χ1n) is 3.75. The molecule has 0 aliphatic rings. The Morgan fingerprint density at radius 1 is 1.57 bits per heavy atom. The van der Waals surface area contributed by atoms with E-state index in [-0.39, 0.29) is 5.56 Å². The molecular formula is C9H9BrO3S. The Hall–Kier alpha value is -0.680. The van der Waals surface area contributed by atoms with Gasteiger partial charge in [0.2, 0.25) is 0 Å². The number of carboxylic acid groups (broad SMARTS) is 1. The van der Waals surface area contributed by atoms with Crippen molar-refractivity contribution in [1.29, 1.82) is 0 Å². The zero-order valence-corrected chi connectivity index (χ0v) is 10.1. The summed E-state index contributed by atoms with van der Waals surface area (Å²) in [6.07, 6.45) is 1.82. The maximum absolute atomic E-state index is 10.9. The number of halogens is 1. The van der Waals surface area contributed by atoms with Crippen LogP contribution in [0.2, 0.25) is 0 Å². The van der Waals surface area contributed by atoms with Crippen LogP contribution in [0, 0.1) is 0 Å². The molecule has 0 radical (unpaired) electrons. The number of hydrogen-bond donors (Lipinski definition) is 1. The van der Waals surface area contributed by atoms with Gasteiger partial charge in [0.1, 0.15) is 5.75 Å². The van der Waals surface area contributed by atoms with Gasteiger partial charge in [-0.25, -0.2) is 4.79 Å². The standard InChI is InChI=1S/C9H9BrO3S/c1-13-7-6(10)4-3-5(9(11)12)8(7)14-2/h3-4H,1-2H3,(H,11,12). The van der Waals surface area contributed by atoms with E-state index < -0.39 is 5.97 Å². The molecule has 0 saturated heterocycles. The highest BCUT2D eigenvalue weighted by molar-refractivity contribution is 9.10. The van der Waals surface area contributed by atoms with Gasteiger partial charge >= 0.3 is 5.97 Å². The smallest absolute Gasteiger partial charge is 0.336 e. The quantitative estimate of drug-likeness (QED) is 0.863. The van der Waals surface area contributed by atoms with Crippen molar-refractivity contribution in [3.05, 3.63) is 22.2 Å². The van der Waals surface area contributed by atoms with Gasteiger partial charge in [0.15, 0.2) is 0 Å². The van der Waals surface area contributed by atoms with Crippen LogP contribution in [0.3, 0.4) is 0 Å². The maximum Gasteiger partial charge on any atom is 0.336 e. The normalized spacial score (nSPS) is 9.93. The summed E-state index contributed by atoms with van der Waals surface area (Å²) in [5.41, 5.74) is 0.262. The second-order valence-corrected chi connectivity index (χ2v) is 4.14. The Balaban J connectivity index is 3.40. The molecule has 0 saturated carbocycles. The maximum atomic E-state index is 10.9. The van der Waals surface area contributed by atoms with Crippen LogP contribution in [-0.2, 0) is 0 Å². The fourth-order valence-corrected chi connectivity index (χ4v) is 2.48. The summed E-state index contributed by atoms with van der Waals surface area (Å²) in [7, 11) is 1.52. The minimum atomic E-state index is -0.944. The van der Waals surface area contributed by atoms with Crippen LogP contribution in [0.5, 0.6) is 5.75 Å². The van der Waals surface area contributed by atoms with E-state index in [0.717, 1.165) is 4.47 Å². The zero-order valence-electron chi connectivity index (χ0n) is 7.70. The molecule has 0 heterocycles. The molecule has 0 aromatic heterocycles. The van der Waals surface area contributed by atoms with Gasteiger partial charge in [-0.15, -0.1) is 11.8 Å². The van der Waals surface area contributed by atoms with Gasteiger partial charge in [-0.2, -0.15) is 0 Å². The van der Waals surface area contributed by atoms with E-state index in [2.05, 4.69) is 15.9 Å². The predicted molar refractivity (Wildman–Crippen MR) is 59.4 cm³/mol. The number of rotatable bonds is 3. The van der Waals surface area contributed by atoms with Crippen LogP contribution in [0.15, 0.2) is 21.5 Å². The minimum absolute atomic E-state index is 0.262. The number of benzene rings is 1. The number of methoxy groups -OCH3 is 1. The Labute approximate surface area is 94.6 Å². The summed E-state index contributed by atoms with van der Waals surface area (Å²) in [6, 6.07) is 3.22. The van der Waals surface area contributed by atoms with Gasteiger partial charge in [-0.3, -0.25) is 0 Å². The van der Waals surface area contributed by atoms with Crippen LogP contribution in [0.4, 0.5) is 0 Å². The van der Waals surface area contributed by atoms with Crippen molar-refractivity contribution < 1.29 is 14.6 Å². The highest BCUT2D eigenvalue weighted by Crippen LogP contribution is 2.37. The molecule has 1 aromatic carbocycles. The van der Waals surface area contributed by atoms with Crippen molar-refractivity contribution in [3.8, 4) is 5.75 Å². The van der Waals surface area contributed by atoms with Crippen molar-refractivity contribution in [2.45, 2.75) is 4.90 Å². The highest BCUT2D eigenvalue weighted by atomic mass is 79.9. The molecule has 3 nitrogen and oxygen atoms in total. The number of ether oxygens (including phenoxy) is 1. The van der Waals surface area contributed by atoms with E-state index in [1.165, 1.54) is 18.9 Å². The van der Waals surface area contributed by atoms with Gasteiger partial charge in [-0.05, 0) is 34.3 Å². The van der Waals surface area contributed by atoms with E-state index in [1.807, 2.05) is 6.26 Å². The number of carboxylic acids is 1. The summed E-state index contributed by atoms with van der Waals surface area (Å²) in [5, 5.41) is 8.92. The average molecular weight is 277 g/mol. The molecule has 0 fully saturated rings. The summed E-state index contributed by atoms with van der Waals surface area (Å²) < 4.78 is 5.89. The predicted octanol–water partition coefficient (Wildman–Crippen LogP) is 2.88. The van der Waals surface area contributed by atoms with Crippen LogP contribution >= 0.6 is 27.7 Å². The molecule has 0 atom stereocenters. The first kappa shape index (κ1) is 11.4. The number of hydrogen-bond acceptors (Lipinski definition) is 3. The molecule has 1 rings (SSSR count). The van der Waals surface area contributed by atoms with Gasteiger partial charge < -0.3 is 9.84 Å². The Morgan fingerprint density at radius 2 is 2.21 bits per heavy atom. The van der Waals surface area contributed by atoms with Crippen molar-refractivity contribution >= 4 is 33.7 Å². The first-order chi connectivity index (χ1) is 6.61. The van der Waals surface area contributed by atoms with Gasteiger partial charge in [0.05, 0.1) is 22.0 Å². The fraction of sp³-hybridized carbons (Fsp3) is 0.222. The van der Waals surface area contributed by atoms with Crippen molar-refractivity contribution in [2.24, 2.45) is 0 Å². The lowest BCUT2D eigenvalue weighted by Gasteiger charge is -2.10. The number of thioether (sulfide) groups is 1. The SMILES string of the molecule is COc1c(Br)ccc(C(=O)O)c1SC. The van der Waals surface area contributed by atoms with Crippen molar-refractivity contribution in [1.82, 2.24) is 0 Å². The van der Waals surface area contributed by atoms with Crippen LogP contribution < -0.4 is 4.74 Å². The van der Waals surface area contributed by atoms with Gasteiger partial charge in [0, 0.05) is 0 Å². The Morgan fingerprint density at radius 3 is 2.64 bits per heavy atom. The molecule has 0 unspecified atom stereocenters. The molecular weight excluding hydrogens is 268 g/mol. The van der Waals surface area contributed by atoms with E-state index in [4.69, 9.17) is 9.84 Å². The molecule has 1 aromatic rings. The lowest BCUT2D eigenvalue weighted by Crippen LogP contribution is -2.01. The zero-order chi connectivity index (χ0) is 10.7. The lowest BCUT2D eigenvalue weighted by atomic mass is 10.2. The van der Waals surface area contributed by atoms with Crippen LogP contribution in [-0.4, -0.2) is 24.4 Å². The third kappa shape index (κ3) is 2.04. The third-order valence-electron chi connectivity index (χ3n) is 1.70. The average Bonchev–Trinajstić information content (AvgIpc) is 2.16. The van der Waals surface area contributed by atoms with E-state index in [9.17, 15) is 4.79 Å². The Kier molecular flexibility index (Phi) is 3.83. The molecule has 0 bridgehead atoms. The second kappa shape index (κ2) is 4.70. The summed E-state index contributed by atoms with van der Waals surface area (Å²) in [4.78, 5) is 11.5. The van der Waals surface area contributed by atoms with Gasteiger partial charge in [0.25, 0.3) is 0 Å². The van der Waals surface area contributed by atoms with Crippen LogP contribution in [0.1, 0.15) is 10.4 Å². The second-order valence-electron chi connectivity index (χ2n) is 2.47. The number of aromatic carboxylic acids is 1. The monoisotopic (exact) mass is 276 g/mol. The van der Waals surface area contributed by atoms with E-state index >= 15 is 0 Å². The summed E-state index contributed by atoms with van der Waals surface area (Å²) >= 11 is 4.65. The van der Waals surface area contributed by atoms with Crippen LogP contribution in [0.25, 0.3) is 0 Å². The molecule has 1 N–H and O–H groups in total. The third-order valence-corrected chi connectivity index (χ3v) is 3.14. The molecule has 76 valence electrons. The molecule has 0 aliphatic carbocycles. The van der Waals surface area contributed by atoms with Crippen molar-refractivity contribution in [3.63, 3.8) is 0 Å². The van der Waals surface area contributed by atoms with Crippen molar-refractivity contribution in [2.75, 3.05) is 13.4 Å². The van der Waals surface area contributed by atoms with E-state index in [0.29, 0.717) is 10.6 Å². The molecule has 0 aliphatic heterocycles. The molecule has 14 heavy (non-hydrogen) atoms. The first-order valence-corrected chi connectivity index (χ1v) is 5.77. The molecule has 5 heteroatoms. The van der Waals surface area contributed by atoms with E-state index in [1.54, 1.807) is 12.1 Å². The fourth-order valence-electron chi connectivity index (χ4n) is 1.10. The highest BCUT2D eigenvalue weighted by Gasteiger charge is 2.16. The molecule has 0 spiro atoms. The lowest BCUT2D eigenvalue weighted by molar-refractivity contribution is 0.0692. The Bertz CT molecular complexity index is 365. The topological polar surface area (TPSA) is 46.5 Å². The molecule has 0 amide bonds.